The molecule has 5 nitrogen and oxygen atoms in total. The summed E-state index contributed by atoms with van der Waals surface area (Å²) in [6.45, 7) is 2.93. The third-order valence-electron chi connectivity index (χ3n) is 7.18. The Morgan fingerprint density at radius 1 is 0.919 bits per heavy atom. The third-order valence-corrected chi connectivity index (χ3v) is 7.43. The van der Waals surface area contributed by atoms with Crippen LogP contribution < -0.4 is 10.1 Å². The van der Waals surface area contributed by atoms with Crippen LogP contribution in [0.2, 0.25) is 5.02 Å². The molecule has 0 unspecified atom stereocenters. The summed E-state index contributed by atoms with van der Waals surface area (Å²) in [5, 5.41) is 3.86. The normalized spacial score (nSPS) is 12.9. The van der Waals surface area contributed by atoms with E-state index in [4.69, 9.17) is 16.3 Å². The van der Waals surface area contributed by atoms with Gasteiger partial charge in [0.25, 0.3) is 5.91 Å². The average Bonchev–Trinajstić information content (AvgIpc) is 3.33. The van der Waals surface area contributed by atoms with Gasteiger partial charge in [-0.2, -0.15) is 0 Å². The van der Waals surface area contributed by atoms with Crippen LogP contribution in [0.5, 0.6) is 5.75 Å². The van der Waals surface area contributed by atoms with Gasteiger partial charge in [-0.25, -0.2) is 0 Å². The molecule has 186 valence electrons. The Kier molecular flexibility index (Phi) is 6.01. The number of nitrogens with zero attached hydrogens (tertiary/aromatic N) is 2. The van der Waals surface area contributed by atoms with E-state index in [1.807, 2.05) is 79.7 Å². The van der Waals surface area contributed by atoms with E-state index in [1.165, 1.54) is 5.56 Å². The Morgan fingerprint density at radius 2 is 1.62 bits per heavy atom. The van der Waals surface area contributed by atoms with Crippen molar-refractivity contribution in [1.82, 2.24) is 8.97 Å². The summed E-state index contributed by atoms with van der Waals surface area (Å²) in [5.41, 5.74) is 9.02. The minimum Gasteiger partial charge on any atom is -0.497 e. The average molecular weight is 510 g/mol. The Labute approximate surface area is 221 Å². The van der Waals surface area contributed by atoms with Crippen LogP contribution in [0.25, 0.3) is 28.0 Å². The van der Waals surface area contributed by atoms with Gasteiger partial charge in [-0.1, -0.05) is 53.6 Å². The number of aromatic nitrogens is 2. The van der Waals surface area contributed by atoms with Crippen molar-refractivity contribution < 1.29 is 9.53 Å². The number of amides is 1. The number of carbonyl (C=O) groups is 1. The number of aryl methyl sites for hydroxylation is 3. The van der Waals surface area contributed by atoms with Crippen LogP contribution >= 0.6 is 11.6 Å². The van der Waals surface area contributed by atoms with Crippen LogP contribution in [0.3, 0.4) is 0 Å². The predicted octanol–water partition coefficient (Wildman–Crippen LogP) is 7.63. The monoisotopic (exact) mass is 509 g/mol. The van der Waals surface area contributed by atoms with Crippen molar-refractivity contribution in [2.24, 2.45) is 0 Å². The molecule has 5 aromatic rings. The maximum absolute atomic E-state index is 14.0. The summed E-state index contributed by atoms with van der Waals surface area (Å²) < 4.78 is 9.85. The lowest BCUT2D eigenvalue weighted by Gasteiger charge is -2.11. The molecule has 6 heteroatoms. The molecule has 0 radical (unpaired) electrons. The molecule has 0 saturated heterocycles. The molecule has 1 aliphatic heterocycles. The number of nitrogens with one attached hydrogen (secondary N) is 1. The van der Waals surface area contributed by atoms with E-state index < -0.39 is 0 Å². The highest BCUT2D eigenvalue weighted by atomic mass is 35.5. The topological polar surface area (TPSA) is 47.7 Å². The van der Waals surface area contributed by atoms with Gasteiger partial charge in [0.2, 0.25) is 0 Å². The Hall–Kier alpha value is -3.96. The van der Waals surface area contributed by atoms with Gasteiger partial charge in [-0.05, 0) is 73.7 Å². The van der Waals surface area contributed by atoms with Crippen LogP contribution in [0, 0.1) is 6.92 Å². The fourth-order valence-corrected chi connectivity index (χ4v) is 5.48. The molecule has 6 rings (SSSR count). The highest BCUT2D eigenvalue weighted by molar-refractivity contribution is 6.30. The van der Waals surface area contributed by atoms with Crippen LogP contribution in [0.15, 0.2) is 79.0 Å². The number of ether oxygens (including phenoxy) is 1. The number of carbonyl (C=O) groups excluding carboxylic acids is 1. The van der Waals surface area contributed by atoms with E-state index in [1.54, 1.807) is 7.11 Å². The van der Waals surface area contributed by atoms with Gasteiger partial charge in [0.15, 0.2) is 0 Å². The third kappa shape index (κ3) is 4.19. The van der Waals surface area contributed by atoms with E-state index in [9.17, 15) is 4.79 Å². The number of rotatable bonds is 5. The molecule has 0 saturated carbocycles. The lowest BCUT2D eigenvalue weighted by Crippen LogP contribution is -2.15. The van der Waals surface area contributed by atoms with Crippen LogP contribution in [-0.2, 0) is 13.0 Å². The Bertz CT molecular complexity index is 1590. The van der Waals surface area contributed by atoms with E-state index in [-0.39, 0.29) is 5.91 Å². The second kappa shape index (κ2) is 9.49. The summed E-state index contributed by atoms with van der Waals surface area (Å²) in [5.74, 6) is 0.662. The molecule has 0 atom stereocenters. The molecule has 1 aliphatic rings. The van der Waals surface area contributed by atoms with Crippen LogP contribution in [-0.4, -0.2) is 22.0 Å². The van der Waals surface area contributed by atoms with Crippen molar-refractivity contribution in [1.29, 1.82) is 0 Å². The van der Waals surface area contributed by atoms with Crippen LogP contribution in [0.4, 0.5) is 5.69 Å². The first-order valence-electron chi connectivity index (χ1n) is 12.6. The van der Waals surface area contributed by atoms with E-state index >= 15 is 0 Å². The molecule has 1 N–H and O–H groups in total. The first-order chi connectivity index (χ1) is 18.0. The number of hydrogen-bond donors (Lipinski definition) is 1. The van der Waals surface area contributed by atoms with Gasteiger partial charge in [-0.15, -0.1) is 0 Å². The molecule has 0 bridgehead atoms. The predicted molar refractivity (Wildman–Crippen MR) is 150 cm³/mol. The van der Waals surface area contributed by atoms with Crippen molar-refractivity contribution in [3.05, 3.63) is 101 Å². The summed E-state index contributed by atoms with van der Waals surface area (Å²) in [6, 6.07) is 23.8. The molecule has 3 heterocycles. The summed E-state index contributed by atoms with van der Waals surface area (Å²) >= 11 is 6.18. The summed E-state index contributed by atoms with van der Waals surface area (Å²) in [7, 11) is 1.66. The van der Waals surface area contributed by atoms with Gasteiger partial charge in [0, 0.05) is 34.6 Å². The van der Waals surface area contributed by atoms with Crippen LogP contribution in [0.1, 0.15) is 34.5 Å². The van der Waals surface area contributed by atoms with Gasteiger partial charge in [0.05, 0.1) is 12.8 Å². The zero-order valence-corrected chi connectivity index (χ0v) is 21.7. The summed E-state index contributed by atoms with van der Waals surface area (Å²) in [6.07, 6.45) is 5.15. The fraction of sp³-hybridized carbons (Fsp3) is 0.194. The first-order valence-corrected chi connectivity index (χ1v) is 13.0. The van der Waals surface area contributed by atoms with Gasteiger partial charge >= 0.3 is 0 Å². The lowest BCUT2D eigenvalue weighted by atomic mass is 9.97. The smallest absolute Gasteiger partial charge is 0.273 e. The maximum Gasteiger partial charge on any atom is 0.273 e. The van der Waals surface area contributed by atoms with Gasteiger partial charge in [0.1, 0.15) is 17.1 Å². The number of halogens is 1. The zero-order chi connectivity index (χ0) is 25.5. The maximum atomic E-state index is 14.0. The van der Waals surface area contributed by atoms with E-state index in [0.29, 0.717) is 10.7 Å². The van der Waals surface area contributed by atoms with E-state index in [2.05, 4.69) is 20.5 Å². The fourth-order valence-electron chi connectivity index (χ4n) is 5.36. The van der Waals surface area contributed by atoms with Gasteiger partial charge in [-0.3, -0.25) is 9.20 Å². The van der Waals surface area contributed by atoms with Crippen molar-refractivity contribution >= 4 is 28.8 Å². The largest absolute Gasteiger partial charge is 0.497 e. The highest BCUT2D eigenvalue weighted by Crippen LogP contribution is 2.40. The molecular formula is C31H28ClN3O2. The molecule has 37 heavy (non-hydrogen) atoms. The van der Waals surface area contributed by atoms with Crippen molar-refractivity contribution in [2.45, 2.75) is 32.7 Å². The van der Waals surface area contributed by atoms with E-state index in [0.717, 1.165) is 70.8 Å². The highest BCUT2D eigenvalue weighted by Gasteiger charge is 2.29. The Balaban J connectivity index is 1.59. The first kappa shape index (κ1) is 23.4. The zero-order valence-electron chi connectivity index (χ0n) is 20.9. The van der Waals surface area contributed by atoms with Gasteiger partial charge < -0.3 is 14.6 Å². The van der Waals surface area contributed by atoms with Crippen molar-refractivity contribution in [2.75, 3.05) is 12.4 Å². The number of benzene rings is 3. The number of imidazole rings is 1. The molecule has 0 fully saturated rings. The molecule has 1 amide bonds. The SMILES string of the molecule is COc1ccc(-c2c3c4n(c(-c5ccc(Cl)cc5)cn4c2C(=O)Nc2ccc(C)cc2)CCCC3)cc1. The second-order valence-electron chi connectivity index (χ2n) is 9.57. The van der Waals surface area contributed by atoms with Crippen molar-refractivity contribution in [3.63, 3.8) is 0 Å². The number of hydrogen-bond acceptors (Lipinski definition) is 2. The molecule has 0 spiro atoms. The Morgan fingerprint density at radius 3 is 2.32 bits per heavy atom. The molecule has 0 aliphatic carbocycles. The lowest BCUT2D eigenvalue weighted by molar-refractivity contribution is 0.102. The minimum atomic E-state index is -0.128. The molecule has 2 aromatic heterocycles. The van der Waals surface area contributed by atoms with Crippen molar-refractivity contribution in [3.8, 4) is 28.1 Å². The minimum absolute atomic E-state index is 0.128. The molecule has 3 aromatic carbocycles. The summed E-state index contributed by atoms with van der Waals surface area (Å²) in [4.78, 5) is 14.0. The number of methoxy groups -OCH3 is 1. The number of anilines is 1. The second-order valence-corrected chi connectivity index (χ2v) is 10.0. The molecular weight excluding hydrogens is 482 g/mol. The quantitative estimate of drug-likeness (QED) is 0.264. The standard InChI is InChI=1S/C31H28ClN3O2/c1-20-6-14-24(15-7-20)33-30(36)29-28(22-10-16-25(37-2)17-11-22)26-5-3-4-18-34-27(19-35(29)31(26)34)21-8-12-23(32)13-9-21/h6-17,19H,3-5,18H2,1-2H3,(H,33,36).